The van der Waals surface area contributed by atoms with Crippen LogP contribution in [0.25, 0.3) is 0 Å². The molecular weight excluding hydrogens is 201 g/mol. The van der Waals surface area contributed by atoms with Gasteiger partial charge >= 0.3 is 0 Å². The van der Waals surface area contributed by atoms with E-state index < -0.39 is 0 Å². The third-order valence-electron chi connectivity index (χ3n) is 3.63. The molecule has 0 amide bonds. The van der Waals surface area contributed by atoms with Crippen molar-refractivity contribution in [2.75, 3.05) is 20.1 Å². The zero-order valence-corrected chi connectivity index (χ0v) is 10.2. The highest BCUT2D eigenvalue weighted by Crippen LogP contribution is 2.29. The summed E-state index contributed by atoms with van der Waals surface area (Å²) in [5.74, 6) is 0.413. The van der Waals surface area contributed by atoms with Gasteiger partial charge in [-0.1, -0.05) is 19.1 Å². The van der Waals surface area contributed by atoms with Gasteiger partial charge in [0.15, 0.2) is 0 Å². The number of benzene rings is 1. The smallest absolute Gasteiger partial charge is 0.126 e. The predicted octanol–water partition coefficient (Wildman–Crippen LogP) is 3.20. The Balaban J connectivity index is 2.14. The standard InChI is InChI=1S/C14H20FN/c1-3-11-4-5-13(14(15)10-11)12-6-8-16(2)9-7-12/h4-5,10,12H,3,6-9H2,1-2H3. The number of aryl methyl sites for hydroxylation is 1. The van der Waals surface area contributed by atoms with Crippen LogP contribution in [-0.2, 0) is 6.42 Å². The lowest BCUT2D eigenvalue weighted by Crippen LogP contribution is -2.29. The molecule has 0 radical (unpaired) electrons. The number of nitrogens with zero attached hydrogens (tertiary/aromatic N) is 1. The molecule has 0 N–H and O–H groups in total. The summed E-state index contributed by atoms with van der Waals surface area (Å²) in [5.41, 5.74) is 2.01. The van der Waals surface area contributed by atoms with E-state index in [-0.39, 0.29) is 5.82 Å². The topological polar surface area (TPSA) is 3.24 Å². The molecule has 0 unspecified atom stereocenters. The van der Waals surface area contributed by atoms with Crippen LogP contribution in [0.3, 0.4) is 0 Å². The molecule has 0 spiro atoms. The molecule has 1 saturated heterocycles. The van der Waals surface area contributed by atoms with Crippen LogP contribution in [0.1, 0.15) is 36.8 Å². The van der Waals surface area contributed by atoms with Gasteiger partial charge in [-0.15, -0.1) is 0 Å². The number of hydrogen-bond acceptors (Lipinski definition) is 1. The van der Waals surface area contributed by atoms with E-state index in [9.17, 15) is 4.39 Å². The van der Waals surface area contributed by atoms with Gasteiger partial charge in [0.25, 0.3) is 0 Å². The summed E-state index contributed by atoms with van der Waals surface area (Å²) >= 11 is 0. The maximum Gasteiger partial charge on any atom is 0.126 e. The maximum absolute atomic E-state index is 13.9. The highest BCUT2D eigenvalue weighted by atomic mass is 19.1. The van der Waals surface area contributed by atoms with Gasteiger partial charge in [-0.25, -0.2) is 4.39 Å². The van der Waals surface area contributed by atoms with Crippen LogP contribution in [0.15, 0.2) is 18.2 Å². The Labute approximate surface area is 97.3 Å². The van der Waals surface area contributed by atoms with Crippen LogP contribution in [0.4, 0.5) is 4.39 Å². The van der Waals surface area contributed by atoms with E-state index in [2.05, 4.69) is 24.9 Å². The summed E-state index contributed by atoms with van der Waals surface area (Å²) in [7, 11) is 2.13. The van der Waals surface area contributed by atoms with Gasteiger partial charge in [0.2, 0.25) is 0 Å². The Hall–Kier alpha value is -0.890. The lowest BCUT2D eigenvalue weighted by molar-refractivity contribution is 0.253. The third kappa shape index (κ3) is 2.43. The predicted molar refractivity (Wildman–Crippen MR) is 65.3 cm³/mol. The molecule has 0 atom stereocenters. The maximum atomic E-state index is 13.9. The molecule has 1 aromatic rings. The van der Waals surface area contributed by atoms with E-state index in [0.717, 1.165) is 43.5 Å². The molecule has 1 nitrogen and oxygen atoms in total. The van der Waals surface area contributed by atoms with Crippen molar-refractivity contribution in [3.8, 4) is 0 Å². The minimum absolute atomic E-state index is 0.00565. The molecule has 1 fully saturated rings. The van der Waals surface area contributed by atoms with Crippen LogP contribution >= 0.6 is 0 Å². The summed E-state index contributed by atoms with van der Waals surface area (Å²) in [5, 5.41) is 0. The van der Waals surface area contributed by atoms with Crippen molar-refractivity contribution in [3.63, 3.8) is 0 Å². The molecular formula is C14H20FN. The van der Waals surface area contributed by atoms with E-state index in [0.29, 0.717) is 5.92 Å². The third-order valence-corrected chi connectivity index (χ3v) is 3.63. The average Bonchev–Trinajstić information content (AvgIpc) is 2.30. The van der Waals surface area contributed by atoms with Crippen LogP contribution in [0.5, 0.6) is 0 Å². The van der Waals surface area contributed by atoms with E-state index >= 15 is 0 Å². The Morgan fingerprint density at radius 1 is 1.31 bits per heavy atom. The Morgan fingerprint density at radius 2 is 2.00 bits per heavy atom. The zero-order chi connectivity index (χ0) is 11.5. The fourth-order valence-electron chi connectivity index (χ4n) is 2.44. The Kier molecular flexibility index (Phi) is 3.59. The molecule has 88 valence electrons. The Bertz CT molecular complexity index is 354. The van der Waals surface area contributed by atoms with E-state index in [1.165, 1.54) is 0 Å². The van der Waals surface area contributed by atoms with E-state index in [4.69, 9.17) is 0 Å². The fourth-order valence-corrected chi connectivity index (χ4v) is 2.44. The number of likely N-dealkylation sites (tertiary alicyclic amines) is 1. The van der Waals surface area contributed by atoms with Crippen molar-refractivity contribution in [1.29, 1.82) is 0 Å². The van der Waals surface area contributed by atoms with Crippen molar-refractivity contribution in [2.24, 2.45) is 0 Å². The van der Waals surface area contributed by atoms with Gasteiger partial charge in [-0.2, -0.15) is 0 Å². The normalized spacial score (nSPS) is 18.9. The van der Waals surface area contributed by atoms with E-state index in [1.54, 1.807) is 6.07 Å². The fraction of sp³-hybridized carbons (Fsp3) is 0.571. The van der Waals surface area contributed by atoms with Crippen molar-refractivity contribution >= 4 is 0 Å². The van der Waals surface area contributed by atoms with Gasteiger partial charge in [-0.3, -0.25) is 0 Å². The second kappa shape index (κ2) is 4.96. The zero-order valence-electron chi connectivity index (χ0n) is 10.2. The van der Waals surface area contributed by atoms with Crippen LogP contribution in [0.2, 0.25) is 0 Å². The first-order chi connectivity index (χ1) is 7.70. The molecule has 1 aromatic carbocycles. The molecule has 1 heterocycles. The van der Waals surface area contributed by atoms with Gasteiger partial charge in [0.05, 0.1) is 0 Å². The minimum Gasteiger partial charge on any atom is -0.306 e. The largest absolute Gasteiger partial charge is 0.306 e. The van der Waals surface area contributed by atoms with Gasteiger partial charge in [0.1, 0.15) is 5.82 Å². The summed E-state index contributed by atoms with van der Waals surface area (Å²) in [4.78, 5) is 2.31. The van der Waals surface area contributed by atoms with E-state index in [1.807, 2.05) is 6.07 Å². The molecule has 0 bridgehead atoms. The number of halogens is 1. The van der Waals surface area contributed by atoms with Crippen molar-refractivity contribution in [1.82, 2.24) is 4.90 Å². The molecule has 0 aromatic heterocycles. The number of piperidine rings is 1. The van der Waals surface area contributed by atoms with Crippen molar-refractivity contribution in [3.05, 3.63) is 35.1 Å². The molecule has 0 aliphatic carbocycles. The molecule has 1 aliphatic rings. The summed E-state index contributed by atoms with van der Waals surface area (Å²) < 4.78 is 13.9. The Morgan fingerprint density at radius 3 is 2.56 bits per heavy atom. The van der Waals surface area contributed by atoms with Gasteiger partial charge < -0.3 is 4.90 Å². The highest BCUT2D eigenvalue weighted by molar-refractivity contribution is 5.27. The van der Waals surface area contributed by atoms with Gasteiger partial charge in [-0.05, 0) is 62.5 Å². The molecule has 2 rings (SSSR count). The molecule has 0 saturated carbocycles. The summed E-state index contributed by atoms with van der Waals surface area (Å²) in [6.45, 7) is 4.23. The first-order valence-electron chi connectivity index (χ1n) is 6.17. The lowest BCUT2D eigenvalue weighted by atomic mass is 9.88. The monoisotopic (exact) mass is 221 g/mol. The summed E-state index contributed by atoms with van der Waals surface area (Å²) in [6.07, 6.45) is 3.07. The number of rotatable bonds is 2. The number of hydrogen-bond donors (Lipinski definition) is 0. The first kappa shape index (κ1) is 11.6. The van der Waals surface area contributed by atoms with Crippen molar-refractivity contribution in [2.45, 2.75) is 32.1 Å². The average molecular weight is 221 g/mol. The highest BCUT2D eigenvalue weighted by Gasteiger charge is 2.20. The minimum atomic E-state index is -0.00565. The van der Waals surface area contributed by atoms with Gasteiger partial charge in [0, 0.05) is 0 Å². The molecule has 16 heavy (non-hydrogen) atoms. The van der Waals surface area contributed by atoms with Crippen LogP contribution < -0.4 is 0 Å². The lowest BCUT2D eigenvalue weighted by Gasteiger charge is -2.29. The van der Waals surface area contributed by atoms with Crippen LogP contribution in [-0.4, -0.2) is 25.0 Å². The summed E-state index contributed by atoms with van der Waals surface area (Å²) in [6, 6.07) is 5.76. The van der Waals surface area contributed by atoms with Crippen molar-refractivity contribution < 1.29 is 4.39 Å². The first-order valence-corrected chi connectivity index (χ1v) is 6.17. The second-order valence-electron chi connectivity index (χ2n) is 4.79. The van der Waals surface area contributed by atoms with Crippen LogP contribution in [0, 0.1) is 5.82 Å². The molecule has 1 aliphatic heterocycles. The second-order valence-corrected chi connectivity index (χ2v) is 4.79. The SMILES string of the molecule is CCc1ccc(C2CCN(C)CC2)c(F)c1. The molecule has 2 heteroatoms. The quantitative estimate of drug-likeness (QED) is 0.741.